The minimum absolute atomic E-state index is 0.0937. The second kappa shape index (κ2) is 4.12. The molecule has 3 nitrogen and oxygen atoms in total. The topological polar surface area (TPSA) is 46.3 Å². The van der Waals surface area contributed by atoms with E-state index >= 15 is 0 Å². The molecule has 2 N–H and O–H groups in total. The van der Waals surface area contributed by atoms with Crippen LogP contribution in [0.25, 0.3) is 11.1 Å². The number of carbonyl (C=O) groups excluding carboxylic acids is 1. The van der Waals surface area contributed by atoms with E-state index in [0.29, 0.717) is 12.1 Å². The third-order valence-corrected chi connectivity index (χ3v) is 3.65. The Balaban J connectivity index is 2.32. The molecule has 1 aliphatic heterocycles. The van der Waals surface area contributed by atoms with Crippen LogP contribution in [0.3, 0.4) is 0 Å². The lowest BCUT2D eigenvalue weighted by molar-refractivity contribution is -0.117. The van der Waals surface area contributed by atoms with Crippen LogP contribution in [0.2, 0.25) is 0 Å². The van der Waals surface area contributed by atoms with Crippen LogP contribution < -0.4 is 10.6 Å². The summed E-state index contributed by atoms with van der Waals surface area (Å²) in [6, 6.07) is 12.0. The van der Waals surface area contributed by atoms with E-state index in [1.165, 1.54) is 5.56 Å². The minimum atomic E-state index is 0.0937. The molecule has 1 amide bonds. The van der Waals surface area contributed by atoms with E-state index in [1.54, 1.807) is 11.9 Å². The van der Waals surface area contributed by atoms with Crippen LogP contribution in [-0.4, -0.2) is 13.0 Å². The van der Waals surface area contributed by atoms with Crippen molar-refractivity contribution in [1.82, 2.24) is 0 Å². The number of hydrogen-bond donors (Lipinski definition) is 1. The average molecular weight is 252 g/mol. The van der Waals surface area contributed by atoms with Gasteiger partial charge >= 0.3 is 0 Å². The molecule has 96 valence electrons. The van der Waals surface area contributed by atoms with Gasteiger partial charge in [-0.05, 0) is 30.2 Å². The molecule has 0 saturated carbocycles. The van der Waals surface area contributed by atoms with E-state index in [1.807, 2.05) is 25.1 Å². The third-order valence-electron chi connectivity index (χ3n) is 3.65. The Morgan fingerprint density at radius 2 is 1.84 bits per heavy atom. The lowest BCUT2D eigenvalue weighted by Gasteiger charge is -2.18. The molecule has 0 radical (unpaired) electrons. The molecule has 0 fully saturated rings. The van der Waals surface area contributed by atoms with Crippen LogP contribution in [0.15, 0.2) is 36.4 Å². The Hall–Kier alpha value is -2.29. The van der Waals surface area contributed by atoms with Gasteiger partial charge < -0.3 is 10.6 Å². The number of anilines is 2. The van der Waals surface area contributed by atoms with Crippen molar-refractivity contribution in [1.29, 1.82) is 0 Å². The van der Waals surface area contributed by atoms with E-state index in [9.17, 15) is 4.79 Å². The predicted molar refractivity (Wildman–Crippen MR) is 78.1 cm³/mol. The summed E-state index contributed by atoms with van der Waals surface area (Å²) >= 11 is 0. The number of nitrogen functional groups attached to an aromatic ring is 1. The fraction of sp³-hybridized carbons (Fsp3) is 0.188. The highest BCUT2D eigenvalue weighted by molar-refractivity contribution is 6.02. The molecular weight excluding hydrogens is 236 g/mol. The second-order valence-corrected chi connectivity index (χ2v) is 5.07. The lowest BCUT2D eigenvalue weighted by Crippen LogP contribution is -2.26. The number of aryl methyl sites for hydroxylation is 1. The minimum Gasteiger partial charge on any atom is -0.399 e. The molecule has 1 heterocycles. The van der Waals surface area contributed by atoms with Crippen LogP contribution in [0.5, 0.6) is 0 Å². The molecule has 2 aromatic rings. The maximum Gasteiger partial charge on any atom is 0.231 e. The molecule has 0 bridgehead atoms. The van der Waals surface area contributed by atoms with Crippen molar-refractivity contribution < 1.29 is 4.79 Å². The van der Waals surface area contributed by atoms with Gasteiger partial charge in [-0.25, -0.2) is 0 Å². The van der Waals surface area contributed by atoms with Gasteiger partial charge in [0.15, 0.2) is 0 Å². The highest BCUT2D eigenvalue weighted by Crippen LogP contribution is 2.37. The number of hydrogen-bond acceptors (Lipinski definition) is 2. The highest BCUT2D eigenvalue weighted by Gasteiger charge is 2.23. The van der Waals surface area contributed by atoms with Crippen molar-refractivity contribution in [2.45, 2.75) is 13.3 Å². The van der Waals surface area contributed by atoms with Crippen molar-refractivity contribution in [2.75, 3.05) is 17.7 Å². The van der Waals surface area contributed by atoms with Gasteiger partial charge in [0.25, 0.3) is 0 Å². The molecular formula is C16H16N2O. The summed E-state index contributed by atoms with van der Waals surface area (Å²) in [5, 5.41) is 0. The zero-order valence-electron chi connectivity index (χ0n) is 11.1. The molecule has 0 unspecified atom stereocenters. The summed E-state index contributed by atoms with van der Waals surface area (Å²) in [4.78, 5) is 13.9. The molecule has 19 heavy (non-hydrogen) atoms. The van der Waals surface area contributed by atoms with Crippen LogP contribution in [0.1, 0.15) is 11.1 Å². The summed E-state index contributed by atoms with van der Waals surface area (Å²) in [5.41, 5.74) is 11.9. The standard InChI is InChI=1S/C16H16N2O/c1-10-3-5-13-11(7-10)8-16(19)18(2)15-9-12(17)4-6-14(13)15/h3-7,9H,8,17H2,1-2H3. The second-order valence-electron chi connectivity index (χ2n) is 5.07. The van der Waals surface area contributed by atoms with Crippen molar-refractivity contribution >= 4 is 17.3 Å². The average Bonchev–Trinajstić information content (AvgIpc) is 2.47. The summed E-state index contributed by atoms with van der Waals surface area (Å²) < 4.78 is 0. The molecule has 3 heteroatoms. The number of rotatable bonds is 0. The molecule has 3 rings (SSSR count). The quantitative estimate of drug-likeness (QED) is 0.733. The van der Waals surface area contributed by atoms with E-state index < -0.39 is 0 Å². The van der Waals surface area contributed by atoms with Gasteiger partial charge in [0, 0.05) is 18.3 Å². The van der Waals surface area contributed by atoms with Crippen LogP contribution >= 0.6 is 0 Å². The van der Waals surface area contributed by atoms with Crippen molar-refractivity contribution in [3.8, 4) is 11.1 Å². The van der Waals surface area contributed by atoms with E-state index in [0.717, 1.165) is 22.4 Å². The van der Waals surface area contributed by atoms with Gasteiger partial charge in [-0.1, -0.05) is 29.8 Å². The normalized spacial score (nSPS) is 13.8. The maximum absolute atomic E-state index is 12.2. The zero-order chi connectivity index (χ0) is 13.6. The molecule has 0 spiro atoms. The molecule has 0 atom stereocenters. The van der Waals surface area contributed by atoms with Gasteiger partial charge in [-0.2, -0.15) is 0 Å². The molecule has 0 aliphatic carbocycles. The van der Waals surface area contributed by atoms with Gasteiger partial charge in [0.1, 0.15) is 0 Å². The molecule has 0 aromatic heterocycles. The monoisotopic (exact) mass is 252 g/mol. The first-order valence-electron chi connectivity index (χ1n) is 6.32. The Kier molecular flexibility index (Phi) is 2.56. The third kappa shape index (κ3) is 1.87. The smallest absolute Gasteiger partial charge is 0.231 e. The van der Waals surface area contributed by atoms with Gasteiger partial charge in [0.2, 0.25) is 5.91 Å². The summed E-state index contributed by atoms with van der Waals surface area (Å²) in [5.74, 6) is 0.0937. The van der Waals surface area contributed by atoms with Crippen LogP contribution in [-0.2, 0) is 11.2 Å². The van der Waals surface area contributed by atoms with Gasteiger partial charge in [0.05, 0.1) is 12.1 Å². The van der Waals surface area contributed by atoms with Crippen molar-refractivity contribution in [2.24, 2.45) is 0 Å². The van der Waals surface area contributed by atoms with Crippen LogP contribution in [0, 0.1) is 6.92 Å². The van der Waals surface area contributed by atoms with Crippen molar-refractivity contribution in [3.05, 3.63) is 47.5 Å². The fourth-order valence-corrected chi connectivity index (χ4v) is 2.60. The number of fused-ring (bicyclic) bond motifs is 3. The zero-order valence-corrected chi connectivity index (χ0v) is 11.1. The number of amides is 1. The largest absolute Gasteiger partial charge is 0.399 e. The molecule has 1 aliphatic rings. The molecule has 2 aromatic carbocycles. The summed E-state index contributed by atoms with van der Waals surface area (Å²) in [6.45, 7) is 2.04. The highest BCUT2D eigenvalue weighted by atomic mass is 16.2. The van der Waals surface area contributed by atoms with E-state index in [2.05, 4.69) is 18.2 Å². The summed E-state index contributed by atoms with van der Waals surface area (Å²) in [6.07, 6.45) is 0.433. The Bertz CT molecular complexity index is 676. The number of nitrogens with two attached hydrogens (primary N) is 1. The Morgan fingerprint density at radius 1 is 1.11 bits per heavy atom. The number of carbonyl (C=O) groups is 1. The Morgan fingerprint density at radius 3 is 2.63 bits per heavy atom. The molecule has 0 saturated heterocycles. The SMILES string of the molecule is Cc1ccc2c(c1)CC(=O)N(C)c1cc(N)ccc1-2. The van der Waals surface area contributed by atoms with Gasteiger partial charge in [-0.3, -0.25) is 4.79 Å². The number of likely N-dealkylation sites (N-methyl/N-ethyl adjacent to an activating group) is 1. The first kappa shape index (κ1) is 11.8. The summed E-state index contributed by atoms with van der Waals surface area (Å²) in [7, 11) is 1.80. The van der Waals surface area contributed by atoms with Crippen LogP contribution in [0.4, 0.5) is 11.4 Å². The van der Waals surface area contributed by atoms with Gasteiger partial charge in [-0.15, -0.1) is 0 Å². The fourth-order valence-electron chi connectivity index (χ4n) is 2.60. The van der Waals surface area contributed by atoms with Crippen molar-refractivity contribution in [3.63, 3.8) is 0 Å². The number of nitrogens with zero attached hydrogens (tertiary/aromatic N) is 1. The maximum atomic E-state index is 12.2. The van der Waals surface area contributed by atoms with E-state index in [-0.39, 0.29) is 5.91 Å². The predicted octanol–water partition coefficient (Wildman–Crippen LogP) is 2.76. The first-order valence-corrected chi connectivity index (χ1v) is 6.32. The first-order chi connectivity index (χ1) is 9.06. The number of benzene rings is 2. The lowest BCUT2D eigenvalue weighted by atomic mass is 9.96. The van der Waals surface area contributed by atoms with E-state index in [4.69, 9.17) is 5.73 Å². The Labute approximate surface area is 112 Å².